The molecule has 1 aromatic carbocycles. The molecule has 0 bridgehead atoms. The molecule has 1 saturated heterocycles. The fourth-order valence-electron chi connectivity index (χ4n) is 2.40. The van der Waals surface area contributed by atoms with Gasteiger partial charge in [0.2, 0.25) is 0 Å². The Balaban J connectivity index is 2.01. The number of nitrogens with one attached hydrogen (secondary N) is 1. The first kappa shape index (κ1) is 15.4. The molecule has 110 valence electrons. The van der Waals surface area contributed by atoms with E-state index in [2.05, 4.69) is 12.2 Å². The molecule has 1 heterocycles. The van der Waals surface area contributed by atoms with E-state index >= 15 is 0 Å². The van der Waals surface area contributed by atoms with Crippen molar-refractivity contribution in [2.24, 2.45) is 5.92 Å². The van der Waals surface area contributed by atoms with Crippen LogP contribution in [-0.4, -0.2) is 31.6 Å². The van der Waals surface area contributed by atoms with Crippen LogP contribution in [0.1, 0.15) is 18.9 Å². The number of ether oxygens (including phenoxy) is 1. The van der Waals surface area contributed by atoms with Crippen LogP contribution >= 0.6 is 11.6 Å². The number of hydrogen-bond acceptors (Lipinski definition) is 3. The maximum atomic E-state index is 13.7. The lowest BCUT2D eigenvalue weighted by molar-refractivity contribution is -0.122. The molecule has 1 aliphatic rings. The average Bonchev–Trinajstić information content (AvgIpc) is 2.89. The molecule has 1 fully saturated rings. The van der Waals surface area contributed by atoms with Crippen LogP contribution in [0.15, 0.2) is 18.2 Å². The van der Waals surface area contributed by atoms with Crippen LogP contribution in [0.3, 0.4) is 0 Å². The zero-order chi connectivity index (χ0) is 14.5. The van der Waals surface area contributed by atoms with Crippen molar-refractivity contribution in [1.29, 1.82) is 0 Å². The molecule has 0 aliphatic carbocycles. The van der Waals surface area contributed by atoms with E-state index in [0.29, 0.717) is 23.8 Å². The van der Waals surface area contributed by atoms with E-state index in [0.717, 1.165) is 13.0 Å². The number of ketones is 1. The third-order valence-electron chi connectivity index (χ3n) is 3.52. The third kappa shape index (κ3) is 3.78. The van der Waals surface area contributed by atoms with Crippen LogP contribution in [0.2, 0.25) is 5.02 Å². The second kappa shape index (κ2) is 7.16. The van der Waals surface area contributed by atoms with E-state index in [4.69, 9.17) is 16.3 Å². The highest BCUT2D eigenvalue weighted by Crippen LogP contribution is 2.20. The van der Waals surface area contributed by atoms with Gasteiger partial charge < -0.3 is 10.1 Å². The topological polar surface area (TPSA) is 38.3 Å². The summed E-state index contributed by atoms with van der Waals surface area (Å²) in [6, 6.07) is 4.32. The summed E-state index contributed by atoms with van der Waals surface area (Å²) in [5, 5.41) is 3.75. The van der Waals surface area contributed by atoms with Crippen LogP contribution in [0.5, 0.6) is 0 Å². The smallest absolute Gasteiger partial charge is 0.144 e. The highest BCUT2D eigenvalue weighted by Gasteiger charge is 2.33. The molecule has 0 amide bonds. The van der Waals surface area contributed by atoms with Crippen LogP contribution in [0, 0.1) is 11.7 Å². The predicted molar refractivity (Wildman–Crippen MR) is 76.5 cm³/mol. The number of carbonyl (C=O) groups is 1. The number of rotatable bonds is 6. The Hall–Kier alpha value is -0.970. The van der Waals surface area contributed by atoms with Gasteiger partial charge in [0.1, 0.15) is 11.6 Å². The van der Waals surface area contributed by atoms with Crippen molar-refractivity contribution < 1.29 is 13.9 Å². The molecular formula is C15H19ClFNO2. The molecule has 5 heteroatoms. The molecule has 1 aromatic rings. The van der Waals surface area contributed by atoms with Crippen LogP contribution in [-0.2, 0) is 16.0 Å². The van der Waals surface area contributed by atoms with Gasteiger partial charge in [-0.05, 0) is 36.7 Å². The van der Waals surface area contributed by atoms with Gasteiger partial charge in [-0.1, -0.05) is 18.5 Å². The van der Waals surface area contributed by atoms with Gasteiger partial charge in [0.05, 0.1) is 19.1 Å². The predicted octanol–water partition coefficient (Wildman–Crippen LogP) is 2.61. The van der Waals surface area contributed by atoms with Gasteiger partial charge in [0.25, 0.3) is 0 Å². The Kier molecular flexibility index (Phi) is 5.52. The first-order valence-electron chi connectivity index (χ1n) is 6.89. The van der Waals surface area contributed by atoms with Gasteiger partial charge in [0.15, 0.2) is 0 Å². The normalized spacial score (nSPS) is 22.1. The fraction of sp³-hybridized carbons (Fsp3) is 0.533. The third-order valence-corrected chi connectivity index (χ3v) is 3.76. The minimum atomic E-state index is -0.389. The molecule has 0 radical (unpaired) electrons. The monoisotopic (exact) mass is 299 g/mol. The SMILES string of the molecule is CCCNC1COCC1C(=O)Cc1cc(Cl)ccc1F. The number of benzene rings is 1. The maximum Gasteiger partial charge on any atom is 0.144 e. The molecule has 20 heavy (non-hydrogen) atoms. The molecule has 1 N–H and O–H groups in total. The molecule has 2 unspecified atom stereocenters. The van der Waals surface area contributed by atoms with Gasteiger partial charge in [-0.15, -0.1) is 0 Å². The van der Waals surface area contributed by atoms with E-state index in [1.165, 1.54) is 18.2 Å². The lowest BCUT2D eigenvalue weighted by atomic mass is 9.93. The van der Waals surface area contributed by atoms with E-state index in [9.17, 15) is 9.18 Å². The van der Waals surface area contributed by atoms with Crippen molar-refractivity contribution in [3.05, 3.63) is 34.6 Å². The van der Waals surface area contributed by atoms with Crippen molar-refractivity contribution in [3.63, 3.8) is 0 Å². The van der Waals surface area contributed by atoms with Crippen molar-refractivity contribution >= 4 is 17.4 Å². The van der Waals surface area contributed by atoms with Gasteiger partial charge in [-0.3, -0.25) is 4.79 Å². The fourth-order valence-corrected chi connectivity index (χ4v) is 2.59. The second-order valence-electron chi connectivity index (χ2n) is 5.08. The summed E-state index contributed by atoms with van der Waals surface area (Å²) in [6.45, 7) is 3.86. The first-order valence-corrected chi connectivity index (χ1v) is 7.27. The number of Topliss-reactive ketones (excluding diaryl/α,β-unsaturated/α-hetero) is 1. The van der Waals surface area contributed by atoms with E-state index in [1.54, 1.807) is 0 Å². The van der Waals surface area contributed by atoms with E-state index in [-0.39, 0.29) is 30.0 Å². The highest BCUT2D eigenvalue weighted by molar-refractivity contribution is 6.30. The maximum absolute atomic E-state index is 13.7. The minimum absolute atomic E-state index is 0.00253. The van der Waals surface area contributed by atoms with Gasteiger partial charge in [-0.25, -0.2) is 4.39 Å². The minimum Gasteiger partial charge on any atom is -0.379 e. The summed E-state index contributed by atoms with van der Waals surface area (Å²) in [7, 11) is 0. The number of carbonyl (C=O) groups excluding carboxylic acids is 1. The molecular weight excluding hydrogens is 281 g/mol. The van der Waals surface area contributed by atoms with Crippen molar-refractivity contribution in [1.82, 2.24) is 5.32 Å². The molecule has 1 aliphatic heterocycles. The Morgan fingerprint density at radius 1 is 1.50 bits per heavy atom. The summed E-state index contributed by atoms with van der Waals surface area (Å²) in [5.74, 6) is -0.600. The summed E-state index contributed by atoms with van der Waals surface area (Å²) < 4.78 is 19.0. The highest BCUT2D eigenvalue weighted by atomic mass is 35.5. The van der Waals surface area contributed by atoms with Crippen molar-refractivity contribution in [3.8, 4) is 0 Å². The number of hydrogen-bond donors (Lipinski definition) is 1. The van der Waals surface area contributed by atoms with Gasteiger partial charge in [0, 0.05) is 17.5 Å². The van der Waals surface area contributed by atoms with Crippen LogP contribution in [0.4, 0.5) is 4.39 Å². The van der Waals surface area contributed by atoms with Crippen molar-refractivity contribution in [2.45, 2.75) is 25.8 Å². The van der Waals surface area contributed by atoms with Gasteiger partial charge >= 0.3 is 0 Å². The Bertz CT molecular complexity index is 481. The molecule has 2 atom stereocenters. The van der Waals surface area contributed by atoms with Crippen molar-refractivity contribution in [2.75, 3.05) is 19.8 Å². The summed E-state index contributed by atoms with van der Waals surface area (Å²) in [5.41, 5.74) is 0.351. The zero-order valence-corrected chi connectivity index (χ0v) is 12.3. The average molecular weight is 300 g/mol. The van der Waals surface area contributed by atoms with E-state index < -0.39 is 0 Å². The molecule has 0 spiro atoms. The Labute approximate surface area is 123 Å². The lowest BCUT2D eigenvalue weighted by Crippen LogP contribution is -2.40. The summed E-state index contributed by atoms with van der Waals surface area (Å²) in [6.07, 6.45) is 1.06. The first-order chi connectivity index (χ1) is 9.61. The Morgan fingerprint density at radius 3 is 3.05 bits per heavy atom. The zero-order valence-electron chi connectivity index (χ0n) is 11.5. The molecule has 0 aromatic heterocycles. The molecule has 2 rings (SSSR count). The largest absolute Gasteiger partial charge is 0.379 e. The summed E-state index contributed by atoms with van der Waals surface area (Å²) >= 11 is 5.84. The number of halogens is 2. The van der Waals surface area contributed by atoms with Crippen LogP contribution in [0.25, 0.3) is 0 Å². The quantitative estimate of drug-likeness (QED) is 0.877. The molecule has 0 saturated carbocycles. The van der Waals surface area contributed by atoms with Gasteiger partial charge in [-0.2, -0.15) is 0 Å². The van der Waals surface area contributed by atoms with E-state index in [1.807, 2.05) is 0 Å². The Morgan fingerprint density at radius 2 is 2.30 bits per heavy atom. The van der Waals surface area contributed by atoms with Crippen LogP contribution < -0.4 is 5.32 Å². The summed E-state index contributed by atoms with van der Waals surface area (Å²) in [4.78, 5) is 12.3. The molecule has 3 nitrogen and oxygen atoms in total. The second-order valence-corrected chi connectivity index (χ2v) is 5.52. The standard InChI is InChI=1S/C15H19ClFNO2/c1-2-5-18-14-9-20-8-12(14)15(19)7-10-6-11(16)3-4-13(10)17/h3-4,6,12,14,18H,2,5,7-9H2,1H3. The lowest BCUT2D eigenvalue weighted by Gasteiger charge is -2.18.